The molecule has 2 aromatic rings. The molecule has 5 rings (SSSR count). The first-order chi connectivity index (χ1) is 13.1. The van der Waals surface area contributed by atoms with Crippen LogP contribution in [0.25, 0.3) is 0 Å². The molecule has 0 heterocycles. The molecule has 6 nitrogen and oxygen atoms in total. The van der Waals surface area contributed by atoms with Crippen LogP contribution in [0.15, 0.2) is 48.5 Å². The molecule has 2 unspecified atom stereocenters. The number of aliphatic carboxylic acids is 1. The van der Waals surface area contributed by atoms with E-state index in [-0.39, 0.29) is 25.0 Å². The molecule has 2 atom stereocenters. The molecule has 0 saturated heterocycles. The van der Waals surface area contributed by atoms with Crippen molar-refractivity contribution in [3.8, 4) is 0 Å². The van der Waals surface area contributed by atoms with Crippen LogP contribution in [-0.4, -0.2) is 42.4 Å². The second-order valence-corrected chi connectivity index (χ2v) is 6.92. The largest absolute Gasteiger partial charge is 0.481 e. The van der Waals surface area contributed by atoms with Gasteiger partial charge < -0.3 is 20.3 Å². The summed E-state index contributed by atoms with van der Waals surface area (Å²) < 4.78 is 6.15. The number of carbonyl (C=O) groups excluding carboxylic acids is 1. The first-order valence-electron chi connectivity index (χ1n) is 8.96. The number of hydrogen-bond donors (Lipinski definition) is 3. The van der Waals surface area contributed by atoms with Crippen molar-refractivity contribution in [2.24, 2.45) is 11.8 Å². The molecule has 0 spiro atoms. The smallest absolute Gasteiger partial charge is 0.311 e. The van der Waals surface area contributed by atoms with Crippen LogP contribution in [0.2, 0.25) is 0 Å². The summed E-state index contributed by atoms with van der Waals surface area (Å²) in [6.45, 7) is -0.274. The van der Waals surface area contributed by atoms with Crippen LogP contribution in [0, 0.1) is 11.8 Å². The zero-order valence-corrected chi connectivity index (χ0v) is 14.9. The lowest BCUT2D eigenvalue weighted by Crippen LogP contribution is -2.59. The van der Waals surface area contributed by atoms with Gasteiger partial charge in [-0.15, -0.1) is 0 Å². The number of aliphatic hydroxyl groups is 1. The third-order valence-corrected chi connectivity index (χ3v) is 5.78. The lowest BCUT2D eigenvalue weighted by molar-refractivity contribution is -0.170. The van der Waals surface area contributed by atoms with Gasteiger partial charge in [0, 0.05) is 13.0 Å². The Labute approximate surface area is 156 Å². The highest BCUT2D eigenvalue weighted by Gasteiger charge is 2.64. The minimum Gasteiger partial charge on any atom is -0.481 e. The highest BCUT2D eigenvalue weighted by Crippen LogP contribution is 2.62. The summed E-state index contributed by atoms with van der Waals surface area (Å²) in [4.78, 5) is 25.3. The minimum atomic E-state index is -1.33. The zero-order chi connectivity index (χ0) is 19.2. The third kappa shape index (κ3) is 2.27. The van der Waals surface area contributed by atoms with E-state index in [0.717, 1.165) is 22.3 Å². The van der Waals surface area contributed by atoms with Crippen molar-refractivity contribution in [2.75, 3.05) is 20.3 Å². The average molecular weight is 367 g/mol. The molecule has 3 N–H and O–H groups in total. The Balaban J connectivity index is 2.10. The molecule has 0 aliphatic heterocycles. The number of fused-ring (bicyclic) bond motifs is 1. The van der Waals surface area contributed by atoms with Crippen LogP contribution in [0.3, 0.4) is 0 Å². The third-order valence-electron chi connectivity index (χ3n) is 5.78. The second-order valence-electron chi connectivity index (χ2n) is 6.92. The van der Waals surface area contributed by atoms with Crippen LogP contribution in [0.5, 0.6) is 0 Å². The summed E-state index contributed by atoms with van der Waals surface area (Å²) in [5.74, 6) is -3.68. The number of rotatable bonds is 5. The Kier molecular flexibility index (Phi) is 4.25. The molecule has 0 aromatic heterocycles. The fraction of sp³-hybridized carbons (Fsp3) is 0.333. The van der Waals surface area contributed by atoms with E-state index in [1.165, 1.54) is 7.05 Å². The molecule has 6 heteroatoms. The quantitative estimate of drug-likeness (QED) is 0.744. The number of aliphatic hydroxyl groups excluding tert-OH is 1. The number of benzene rings is 2. The van der Waals surface area contributed by atoms with Crippen molar-refractivity contribution in [2.45, 2.75) is 11.5 Å². The SMILES string of the molecule is CNC(=O)C1C2c3ccccc3C(OCCO)(c3ccccc32)C1C(=O)O. The number of ether oxygens (including phenoxy) is 1. The van der Waals surface area contributed by atoms with Crippen molar-refractivity contribution in [3.05, 3.63) is 70.8 Å². The average Bonchev–Trinajstić information content (AvgIpc) is 2.71. The number of carboxylic acids is 1. The monoisotopic (exact) mass is 367 g/mol. The van der Waals surface area contributed by atoms with Gasteiger partial charge in [0.1, 0.15) is 11.5 Å². The van der Waals surface area contributed by atoms with Crippen LogP contribution >= 0.6 is 0 Å². The molecule has 0 saturated carbocycles. The molecular weight excluding hydrogens is 346 g/mol. The predicted molar refractivity (Wildman–Crippen MR) is 97.2 cm³/mol. The molecule has 3 aliphatic rings. The van der Waals surface area contributed by atoms with Crippen molar-refractivity contribution >= 4 is 11.9 Å². The Hall–Kier alpha value is -2.70. The van der Waals surface area contributed by atoms with Crippen molar-refractivity contribution in [1.29, 1.82) is 0 Å². The van der Waals surface area contributed by atoms with Crippen LogP contribution in [0.4, 0.5) is 0 Å². The lowest BCUT2D eigenvalue weighted by Gasteiger charge is -2.55. The van der Waals surface area contributed by atoms with Gasteiger partial charge in [-0.05, 0) is 22.3 Å². The van der Waals surface area contributed by atoms with E-state index in [2.05, 4.69) is 5.32 Å². The summed E-state index contributed by atoms with van der Waals surface area (Å²) in [6.07, 6.45) is 0. The molecule has 0 radical (unpaired) electrons. The van der Waals surface area contributed by atoms with E-state index in [0.29, 0.717) is 0 Å². The van der Waals surface area contributed by atoms with E-state index >= 15 is 0 Å². The normalized spacial score (nSPS) is 27.6. The van der Waals surface area contributed by atoms with Gasteiger partial charge >= 0.3 is 5.97 Å². The minimum absolute atomic E-state index is 0.0302. The van der Waals surface area contributed by atoms with Gasteiger partial charge in [-0.3, -0.25) is 9.59 Å². The standard InChI is InChI=1S/C21H21NO5/c1-22-19(24)17-16-12-6-2-4-8-14(12)21(27-11-10-23,18(17)20(25)26)15-9-5-3-7-13(15)16/h2-9,16-18,23H,10-11H2,1H3,(H,22,24)(H,25,26). The highest BCUT2D eigenvalue weighted by molar-refractivity contribution is 5.90. The Bertz CT molecular complexity index is 861. The van der Waals surface area contributed by atoms with Gasteiger partial charge in [-0.1, -0.05) is 48.5 Å². The topological polar surface area (TPSA) is 95.9 Å². The van der Waals surface area contributed by atoms with E-state index < -0.39 is 23.4 Å². The van der Waals surface area contributed by atoms with Crippen molar-refractivity contribution in [3.63, 3.8) is 0 Å². The van der Waals surface area contributed by atoms with Crippen molar-refractivity contribution in [1.82, 2.24) is 5.32 Å². The Morgan fingerprint density at radius 3 is 2.11 bits per heavy atom. The molecule has 2 aromatic carbocycles. The van der Waals surface area contributed by atoms with Gasteiger partial charge in [-0.2, -0.15) is 0 Å². The van der Waals surface area contributed by atoms with E-state index in [1.807, 2.05) is 48.5 Å². The maximum Gasteiger partial charge on any atom is 0.311 e. The summed E-state index contributed by atoms with van der Waals surface area (Å²) >= 11 is 0. The number of amides is 1. The molecule has 0 fully saturated rings. The molecule has 27 heavy (non-hydrogen) atoms. The van der Waals surface area contributed by atoms with Crippen LogP contribution in [-0.2, 0) is 19.9 Å². The Morgan fingerprint density at radius 2 is 1.63 bits per heavy atom. The maximum atomic E-state index is 12.8. The lowest BCUT2D eigenvalue weighted by atomic mass is 9.51. The molecular formula is C21H21NO5. The number of carbonyl (C=O) groups is 2. The number of nitrogens with one attached hydrogen (secondary N) is 1. The van der Waals surface area contributed by atoms with E-state index in [4.69, 9.17) is 4.74 Å². The number of carboxylic acid groups (broad SMARTS) is 1. The van der Waals surface area contributed by atoms with Gasteiger partial charge in [0.15, 0.2) is 0 Å². The van der Waals surface area contributed by atoms with Crippen LogP contribution < -0.4 is 5.32 Å². The highest BCUT2D eigenvalue weighted by atomic mass is 16.5. The summed E-state index contributed by atoms with van der Waals surface area (Å²) in [7, 11) is 1.52. The fourth-order valence-corrected chi connectivity index (χ4v) is 4.94. The summed E-state index contributed by atoms with van der Waals surface area (Å²) in [6, 6.07) is 15.1. The molecule has 140 valence electrons. The van der Waals surface area contributed by atoms with Gasteiger partial charge in [0.25, 0.3) is 0 Å². The first kappa shape index (κ1) is 17.7. The van der Waals surface area contributed by atoms with E-state index in [1.54, 1.807) is 0 Å². The van der Waals surface area contributed by atoms with Crippen LogP contribution in [0.1, 0.15) is 28.2 Å². The summed E-state index contributed by atoms with van der Waals surface area (Å²) in [5.41, 5.74) is 2.00. The van der Waals surface area contributed by atoms with Crippen molar-refractivity contribution < 1.29 is 24.5 Å². The molecule has 1 amide bonds. The molecule has 2 bridgehead atoms. The van der Waals surface area contributed by atoms with E-state index in [9.17, 15) is 19.8 Å². The second kappa shape index (κ2) is 6.48. The predicted octanol–water partition coefficient (Wildman–Crippen LogP) is 1.46. The first-order valence-corrected chi connectivity index (χ1v) is 8.96. The zero-order valence-electron chi connectivity index (χ0n) is 14.9. The maximum absolute atomic E-state index is 12.8. The molecule has 3 aliphatic carbocycles. The summed E-state index contributed by atoms with van der Waals surface area (Å²) in [5, 5.41) is 22.2. The number of hydrogen-bond acceptors (Lipinski definition) is 4. The Morgan fingerprint density at radius 1 is 1.07 bits per heavy atom. The fourth-order valence-electron chi connectivity index (χ4n) is 4.94. The van der Waals surface area contributed by atoms with Gasteiger partial charge in [0.2, 0.25) is 5.91 Å². The van der Waals surface area contributed by atoms with Gasteiger partial charge in [-0.25, -0.2) is 0 Å². The van der Waals surface area contributed by atoms with Gasteiger partial charge in [0.05, 0.1) is 19.1 Å².